The van der Waals surface area contributed by atoms with Gasteiger partial charge in [-0.2, -0.15) is 8.42 Å². The van der Waals surface area contributed by atoms with Crippen LogP contribution in [0.5, 0.6) is 0 Å². The molecule has 0 aromatic carbocycles. The Hall–Kier alpha value is 0.910. The van der Waals surface area contributed by atoms with Crippen LogP contribution in [0.25, 0.3) is 0 Å². The summed E-state index contributed by atoms with van der Waals surface area (Å²) in [6, 6.07) is 0. The molecule has 0 aromatic rings. The van der Waals surface area contributed by atoms with Gasteiger partial charge >= 0.3 is 0 Å². The van der Waals surface area contributed by atoms with Gasteiger partial charge in [0.15, 0.2) is 0 Å². The smallest absolute Gasteiger partial charge is 0.267 e. The topological polar surface area (TPSA) is 54.4 Å². The van der Waals surface area contributed by atoms with Crippen molar-refractivity contribution in [1.82, 2.24) is 0 Å². The quantitative estimate of drug-likeness (QED) is 0.488. The minimum Gasteiger partial charge on any atom is -0.285 e. The van der Waals surface area contributed by atoms with E-state index in [-0.39, 0.29) is 29.6 Å². The minimum absolute atomic E-state index is 0. The van der Waals surface area contributed by atoms with Crippen LogP contribution in [0, 0.1) is 0 Å². The van der Waals surface area contributed by atoms with Gasteiger partial charge in [0.05, 0.1) is 5.25 Å². The Morgan fingerprint density at radius 1 is 1.09 bits per heavy atom. The maximum absolute atomic E-state index is 10.5. The molecule has 0 unspecified atom stereocenters. The molecule has 0 saturated heterocycles. The van der Waals surface area contributed by atoms with Gasteiger partial charge in [-0.25, -0.2) is 0 Å². The van der Waals surface area contributed by atoms with Crippen molar-refractivity contribution >= 4 is 39.7 Å². The standard InChI is InChI=1S/C6H12O3S.Na/c7-10(8,9)6-4-2-1-3-5-6;/h6H,1-5H2,(H,7,8,9);. The molecule has 5 heteroatoms. The van der Waals surface area contributed by atoms with E-state index < -0.39 is 15.4 Å². The van der Waals surface area contributed by atoms with E-state index in [9.17, 15) is 8.42 Å². The summed E-state index contributed by atoms with van der Waals surface area (Å²) < 4.78 is 29.7. The van der Waals surface area contributed by atoms with Crippen LogP contribution in [0.1, 0.15) is 32.1 Å². The molecule has 1 N–H and O–H groups in total. The first-order chi connectivity index (χ1) is 4.61. The Morgan fingerprint density at radius 2 is 1.55 bits per heavy atom. The van der Waals surface area contributed by atoms with E-state index in [0.717, 1.165) is 19.3 Å². The van der Waals surface area contributed by atoms with Gasteiger partial charge in [-0.15, -0.1) is 0 Å². The summed E-state index contributed by atoms with van der Waals surface area (Å²) in [5.41, 5.74) is 0. The fourth-order valence-corrected chi connectivity index (χ4v) is 2.29. The second kappa shape index (κ2) is 4.82. The molecule has 0 bridgehead atoms. The van der Waals surface area contributed by atoms with Crippen molar-refractivity contribution in [3.63, 3.8) is 0 Å². The van der Waals surface area contributed by atoms with E-state index in [1.165, 1.54) is 0 Å². The van der Waals surface area contributed by atoms with Crippen molar-refractivity contribution in [2.75, 3.05) is 0 Å². The zero-order valence-electron chi connectivity index (χ0n) is 6.78. The first-order valence-corrected chi connectivity index (χ1v) is 5.07. The fraction of sp³-hybridized carbons (Fsp3) is 1.00. The van der Waals surface area contributed by atoms with Crippen LogP contribution in [0.4, 0.5) is 0 Å². The fourth-order valence-electron chi connectivity index (χ4n) is 1.36. The third kappa shape index (κ3) is 3.90. The van der Waals surface area contributed by atoms with Gasteiger partial charge in [-0.05, 0) is 12.8 Å². The van der Waals surface area contributed by atoms with Crippen molar-refractivity contribution in [1.29, 1.82) is 0 Å². The largest absolute Gasteiger partial charge is 0.285 e. The maximum atomic E-state index is 10.5. The Bertz CT molecular complexity index is 194. The molecule has 0 aromatic heterocycles. The summed E-state index contributed by atoms with van der Waals surface area (Å²) in [6.45, 7) is 0. The van der Waals surface area contributed by atoms with Crippen LogP contribution in [0.3, 0.4) is 0 Å². The SMILES string of the molecule is O=S(=O)(O)C1CCCCC1.[Na]. The van der Waals surface area contributed by atoms with Gasteiger partial charge in [0.2, 0.25) is 0 Å². The van der Waals surface area contributed by atoms with Crippen molar-refractivity contribution < 1.29 is 13.0 Å². The Morgan fingerprint density at radius 3 is 1.82 bits per heavy atom. The second-order valence-electron chi connectivity index (χ2n) is 2.77. The molecule has 0 amide bonds. The molecular weight excluding hydrogens is 175 g/mol. The number of rotatable bonds is 1. The van der Waals surface area contributed by atoms with Gasteiger partial charge in [-0.1, -0.05) is 19.3 Å². The zero-order chi connectivity index (χ0) is 7.61. The molecule has 1 radical (unpaired) electrons. The summed E-state index contributed by atoms with van der Waals surface area (Å²) in [5, 5.41) is -0.471. The number of hydrogen-bond acceptors (Lipinski definition) is 2. The van der Waals surface area contributed by atoms with Crippen LogP contribution >= 0.6 is 0 Å². The average Bonchev–Trinajstić information content (AvgIpc) is 1.88. The van der Waals surface area contributed by atoms with Crippen LogP contribution in [0.2, 0.25) is 0 Å². The summed E-state index contributed by atoms with van der Waals surface area (Å²) in [5.74, 6) is 0. The van der Waals surface area contributed by atoms with E-state index in [1.807, 2.05) is 0 Å². The first-order valence-electron chi connectivity index (χ1n) is 3.57. The van der Waals surface area contributed by atoms with E-state index in [2.05, 4.69) is 0 Å². The van der Waals surface area contributed by atoms with E-state index >= 15 is 0 Å². The molecule has 1 aliphatic rings. The maximum Gasteiger partial charge on any atom is 0.267 e. The molecular formula is C6H12NaO3S. The average molecular weight is 187 g/mol. The molecule has 0 heterocycles. The van der Waals surface area contributed by atoms with Crippen LogP contribution in [0.15, 0.2) is 0 Å². The first kappa shape index (κ1) is 11.9. The van der Waals surface area contributed by atoms with Gasteiger partial charge in [0.1, 0.15) is 0 Å². The molecule has 1 aliphatic carbocycles. The third-order valence-electron chi connectivity index (χ3n) is 1.97. The summed E-state index contributed by atoms with van der Waals surface area (Å²) in [4.78, 5) is 0. The zero-order valence-corrected chi connectivity index (χ0v) is 9.60. The minimum atomic E-state index is -3.73. The van der Waals surface area contributed by atoms with Gasteiger partial charge in [0.25, 0.3) is 10.1 Å². The van der Waals surface area contributed by atoms with Gasteiger partial charge < -0.3 is 0 Å². The van der Waals surface area contributed by atoms with Gasteiger partial charge in [0, 0.05) is 29.6 Å². The molecule has 0 atom stereocenters. The molecule has 1 fully saturated rings. The molecule has 1 rings (SSSR count). The molecule has 1 saturated carbocycles. The predicted molar refractivity (Wildman–Crippen MR) is 44.2 cm³/mol. The predicted octanol–water partition coefficient (Wildman–Crippen LogP) is 0.826. The van der Waals surface area contributed by atoms with Crippen molar-refractivity contribution in [2.24, 2.45) is 0 Å². The third-order valence-corrected chi connectivity index (χ3v) is 3.29. The Balaban J connectivity index is 0.000001000. The molecule has 0 aliphatic heterocycles. The second-order valence-corrected chi connectivity index (χ2v) is 4.47. The Labute approximate surface area is 89.6 Å². The van der Waals surface area contributed by atoms with Crippen LogP contribution in [-0.4, -0.2) is 47.8 Å². The van der Waals surface area contributed by atoms with Crippen molar-refractivity contribution in [3.05, 3.63) is 0 Å². The summed E-state index contributed by atoms with van der Waals surface area (Å²) in [7, 11) is -3.73. The normalized spacial score (nSPS) is 20.8. The van der Waals surface area contributed by atoms with E-state index in [0.29, 0.717) is 12.8 Å². The summed E-state index contributed by atoms with van der Waals surface area (Å²) in [6.07, 6.45) is 4.25. The van der Waals surface area contributed by atoms with E-state index in [4.69, 9.17) is 4.55 Å². The van der Waals surface area contributed by atoms with Crippen LogP contribution < -0.4 is 0 Å². The molecule has 3 nitrogen and oxygen atoms in total. The monoisotopic (exact) mass is 187 g/mol. The van der Waals surface area contributed by atoms with Crippen molar-refractivity contribution in [2.45, 2.75) is 37.4 Å². The molecule has 61 valence electrons. The Kier molecular flexibility index (Phi) is 5.22. The number of hydrogen-bond donors (Lipinski definition) is 1. The summed E-state index contributed by atoms with van der Waals surface area (Å²) >= 11 is 0. The van der Waals surface area contributed by atoms with Gasteiger partial charge in [-0.3, -0.25) is 4.55 Å². The molecule has 11 heavy (non-hydrogen) atoms. The molecule has 0 spiro atoms. The van der Waals surface area contributed by atoms with E-state index in [1.54, 1.807) is 0 Å². The van der Waals surface area contributed by atoms with Crippen molar-refractivity contribution in [3.8, 4) is 0 Å². The van der Waals surface area contributed by atoms with Crippen LogP contribution in [-0.2, 0) is 10.1 Å².